The standard InChI is InChI=1S/C18H27N5O2/c1-3-19-18(25)22-11-14-7-4-5-10-23(16(14)12-22)17-15(21-13(2)24)8-6-9-20-17/h6,8-9,14,16H,3-5,7,10-12H2,1-2H3,(H,19,25)(H,21,24)/t14-,16+/m1/s1. The number of aromatic nitrogens is 1. The van der Waals surface area contributed by atoms with Crippen LogP contribution in [0.5, 0.6) is 0 Å². The van der Waals surface area contributed by atoms with Crippen LogP contribution in [-0.4, -0.2) is 54.0 Å². The Morgan fingerprint density at radius 1 is 1.32 bits per heavy atom. The van der Waals surface area contributed by atoms with Gasteiger partial charge in [-0.05, 0) is 37.8 Å². The summed E-state index contributed by atoms with van der Waals surface area (Å²) in [4.78, 5) is 32.6. The Labute approximate surface area is 148 Å². The maximum absolute atomic E-state index is 12.3. The van der Waals surface area contributed by atoms with Crippen molar-refractivity contribution in [1.29, 1.82) is 0 Å². The van der Waals surface area contributed by atoms with Crippen molar-refractivity contribution in [3.8, 4) is 0 Å². The summed E-state index contributed by atoms with van der Waals surface area (Å²) < 4.78 is 0. The summed E-state index contributed by atoms with van der Waals surface area (Å²) >= 11 is 0. The molecule has 0 saturated carbocycles. The Bertz CT molecular complexity index is 636. The van der Waals surface area contributed by atoms with Gasteiger partial charge in [-0.2, -0.15) is 0 Å². The fraction of sp³-hybridized carbons (Fsp3) is 0.611. The lowest BCUT2D eigenvalue weighted by Crippen LogP contribution is -2.43. The molecule has 2 N–H and O–H groups in total. The number of hydrogen-bond donors (Lipinski definition) is 2. The molecule has 0 radical (unpaired) electrons. The van der Waals surface area contributed by atoms with E-state index in [-0.39, 0.29) is 18.0 Å². The number of nitrogens with one attached hydrogen (secondary N) is 2. The van der Waals surface area contributed by atoms with Crippen LogP contribution in [0, 0.1) is 5.92 Å². The van der Waals surface area contributed by atoms with Crippen molar-refractivity contribution in [2.45, 2.75) is 39.2 Å². The van der Waals surface area contributed by atoms with Crippen LogP contribution in [-0.2, 0) is 4.79 Å². The smallest absolute Gasteiger partial charge is 0.317 e. The van der Waals surface area contributed by atoms with Gasteiger partial charge in [0, 0.05) is 39.3 Å². The van der Waals surface area contributed by atoms with Gasteiger partial charge in [-0.1, -0.05) is 6.42 Å². The number of rotatable bonds is 3. The molecular weight excluding hydrogens is 318 g/mol. The highest BCUT2D eigenvalue weighted by Gasteiger charge is 2.40. The number of amides is 3. The zero-order valence-electron chi connectivity index (χ0n) is 15.0. The van der Waals surface area contributed by atoms with E-state index in [1.54, 1.807) is 6.20 Å². The average molecular weight is 345 g/mol. The number of urea groups is 1. The van der Waals surface area contributed by atoms with Gasteiger partial charge in [0.1, 0.15) is 0 Å². The molecule has 2 saturated heterocycles. The maximum Gasteiger partial charge on any atom is 0.317 e. The molecule has 0 bridgehead atoms. The van der Waals surface area contributed by atoms with Crippen LogP contribution in [0.4, 0.5) is 16.3 Å². The van der Waals surface area contributed by atoms with E-state index in [1.165, 1.54) is 6.92 Å². The van der Waals surface area contributed by atoms with E-state index < -0.39 is 0 Å². The van der Waals surface area contributed by atoms with E-state index in [2.05, 4.69) is 20.5 Å². The SMILES string of the molecule is CCNC(=O)N1C[C@H]2CCCCN(c3ncccc3NC(C)=O)[C@H]2C1. The van der Waals surface area contributed by atoms with Gasteiger partial charge in [-0.3, -0.25) is 4.79 Å². The van der Waals surface area contributed by atoms with Crippen LogP contribution in [0.2, 0.25) is 0 Å². The van der Waals surface area contributed by atoms with Crippen molar-refractivity contribution in [2.24, 2.45) is 5.92 Å². The Hall–Kier alpha value is -2.31. The molecule has 2 fully saturated rings. The fourth-order valence-corrected chi connectivity index (χ4v) is 3.95. The molecule has 0 spiro atoms. The highest BCUT2D eigenvalue weighted by molar-refractivity contribution is 5.92. The molecule has 2 aliphatic heterocycles. The van der Waals surface area contributed by atoms with Crippen molar-refractivity contribution < 1.29 is 9.59 Å². The summed E-state index contributed by atoms with van der Waals surface area (Å²) in [5.41, 5.74) is 0.743. The molecule has 7 heteroatoms. The Kier molecular flexibility index (Phi) is 5.40. The first-order valence-electron chi connectivity index (χ1n) is 9.12. The lowest BCUT2D eigenvalue weighted by Gasteiger charge is -2.32. The largest absolute Gasteiger partial charge is 0.350 e. The van der Waals surface area contributed by atoms with Gasteiger partial charge in [-0.25, -0.2) is 9.78 Å². The molecule has 2 aliphatic rings. The van der Waals surface area contributed by atoms with E-state index in [1.807, 2.05) is 24.0 Å². The quantitative estimate of drug-likeness (QED) is 0.879. The molecule has 3 heterocycles. The number of fused-ring (bicyclic) bond motifs is 1. The minimum Gasteiger partial charge on any atom is -0.350 e. The highest BCUT2D eigenvalue weighted by Crippen LogP contribution is 2.35. The Morgan fingerprint density at radius 3 is 2.92 bits per heavy atom. The van der Waals surface area contributed by atoms with Gasteiger partial charge in [0.2, 0.25) is 5.91 Å². The average Bonchev–Trinajstić information content (AvgIpc) is 2.90. The first-order chi connectivity index (χ1) is 12.1. The van der Waals surface area contributed by atoms with E-state index in [4.69, 9.17) is 0 Å². The molecule has 3 rings (SSSR count). The van der Waals surface area contributed by atoms with Crippen LogP contribution in [0.15, 0.2) is 18.3 Å². The van der Waals surface area contributed by atoms with Gasteiger partial charge < -0.3 is 20.4 Å². The number of hydrogen-bond acceptors (Lipinski definition) is 4. The van der Waals surface area contributed by atoms with Crippen LogP contribution >= 0.6 is 0 Å². The van der Waals surface area contributed by atoms with Crippen molar-refractivity contribution in [2.75, 3.05) is 36.4 Å². The van der Waals surface area contributed by atoms with Crippen LogP contribution in [0.1, 0.15) is 33.1 Å². The number of nitrogens with zero attached hydrogens (tertiary/aromatic N) is 3. The summed E-state index contributed by atoms with van der Waals surface area (Å²) in [6.07, 6.45) is 5.14. The lowest BCUT2D eigenvalue weighted by atomic mass is 9.98. The number of carbonyl (C=O) groups is 2. The number of anilines is 2. The third kappa shape index (κ3) is 3.86. The lowest BCUT2D eigenvalue weighted by molar-refractivity contribution is -0.114. The highest BCUT2D eigenvalue weighted by atomic mass is 16.2. The number of carbonyl (C=O) groups excluding carboxylic acids is 2. The van der Waals surface area contributed by atoms with Gasteiger partial charge in [0.25, 0.3) is 0 Å². The number of likely N-dealkylation sites (tertiary alicyclic amines) is 1. The van der Waals surface area contributed by atoms with E-state index >= 15 is 0 Å². The molecule has 1 aromatic rings. The summed E-state index contributed by atoms with van der Waals surface area (Å²) in [5, 5.41) is 5.79. The molecule has 7 nitrogen and oxygen atoms in total. The second-order valence-corrected chi connectivity index (χ2v) is 6.81. The summed E-state index contributed by atoms with van der Waals surface area (Å²) in [6, 6.07) is 3.98. The number of pyridine rings is 1. The minimum absolute atomic E-state index is 0.0126. The maximum atomic E-state index is 12.3. The van der Waals surface area contributed by atoms with Crippen molar-refractivity contribution in [3.63, 3.8) is 0 Å². The first-order valence-corrected chi connectivity index (χ1v) is 9.12. The summed E-state index contributed by atoms with van der Waals surface area (Å²) in [7, 11) is 0. The first kappa shape index (κ1) is 17.5. The van der Waals surface area contributed by atoms with Gasteiger partial charge >= 0.3 is 6.03 Å². The monoisotopic (exact) mass is 345 g/mol. The predicted octanol–water partition coefficient (Wildman–Crippen LogP) is 2.06. The van der Waals surface area contributed by atoms with Crippen molar-refractivity contribution >= 4 is 23.4 Å². The third-order valence-electron chi connectivity index (χ3n) is 5.02. The van der Waals surface area contributed by atoms with Gasteiger partial charge in [0.15, 0.2) is 5.82 Å². The van der Waals surface area contributed by atoms with Gasteiger partial charge in [0.05, 0.1) is 11.7 Å². The second kappa shape index (κ2) is 7.72. The van der Waals surface area contributed by atoms with Crippen LogP contribution < -0.4 is 15.5 Å². The van der Waals surface area contributed by atoms with Crippen molar-refractivity contribution in [3.05, 3.63) is 18.3 Å². The third-order valence-corrected chi connectivity index (χ3v) is 5.02. The zero-order valence-corrected chi connectivity index (χ0v) is 15.0. The Morgan fingerprint density at radius 2 is 2.16 bits per heavy atom. The van der Waals surface area contributed by atoms with E-state index in [9.17, 15) is 9.59 Å². The normalized spacial score (nSPS) is 23.0. The molecule has 136 valence electrons. The van der Waals surface area contributed by atoms with Gasteiger partial charge in [-0.15, -0.1) is 0 Å². The molecule has 2 atom stereocenters. The topological polar surface area (TPSA) is 77.6 Å². The molecule has 0 aliphatic carbocycles. The summed E-state index contributed by atoms with van der Waals surface area (Å²) in [6.45, 7) is 6.47. The molecular formula is C18H27N5O2. The van der Waals surface area contributed by atoms with Crippen LogP contribution in [0.25, 0.3) is 0 Å². The van der Waals surface area contributed by atoms with Crippen molar-refractivity contribution in [1.82, 2.24) is 15.2 Å². The minimum atomic E-state index is -0.101. The zero-order chi connectivity index (χ0) is 17.8. The predicted molar refractivity (Wildman–Crippen MR) is 97.7 cm³/mol. The molecule has 25 heavy (non-hydrogen) atoms. The molecule has 3 amide bonds. The summed E-state index contributed by atoms with van der Waals surface area (Å²) in [5.74, 6) is 1.15. The molecule has 0 aromatic carbocycles. The fourth-order valence-electron chi connectivity index (χ4n) is 3.95. The molecule has 1 aromatic heterocycles. The van der Waals surface area contributed by atoms with E-state index in [0.29, 0.717) is 19.0 Å². The second-order valence-electron chi connectivity index (χ2n) is 6.81. The van der Waals surface area contributed by atoms with Crippen LogP contribution in [0.3, 0.4) is 0 Å². The Balaban J connectivity index is 1.85. The van der Waals surface area contributed by atoms with E-state index in [0.717, 1.165) is 43.9 Å². The molecule has 0 unspecified atom stereocenters.